The molecule has 134 valence electrons. The first-order chi connectivity index (χ1) is 13.0. The van der Waals surface area contributed by atoms with E-state index in [9.17, 15) is 9.90 Å². The third-order valence-corrected chi connectivity index (χ3v) is 5.15. The topological polar surface area (TPSA) is 70.4 Å². The summed E-state index contributed by atoms with van der Waals surface area (Å²) in [6.07, 6.45) is 3.27. The maximum Gasteiger partial charge on any atom is 0.262 e. The fourth-order valence-electron chi connectivity index (χ4n) is 3.04. The summed E-state index contributed by atoms with van der Waals surface area (Å²) in [6.45, 7) is 1.82. The van der Waals surface area contributed by atoms with Gasteiger partial charge in [-0.3, -0.25) is 19.3 Å². The maximum atomic E-state index is 12.5. The van der Waals surface area contributed by atoms with Crippen molar-refractivity contribution in [3.05, 3.63) is 79.3 Å². The average Bonchev–Trinajstić information content (AvgIpc) is 3.05. The monoisotopic (exact) mass is 395 g/mol. The highest BCUT2D eigenvalue weighted by Gasteiger charge is 2.17. The Hall–Kier alpha value is -2.96. The number of aromatic nitrogens is 2. The van der Waals surface area contributed by atoms with Crippen LogP contribution >= 0.6 is 23.8 Å². The Bertz CT molecular complexity index is 1250. The van der Waals surface area contributed by atoms with Crippen LogP contribution in [0.15, 0.2) is 52.3 Å². The van der Waals surface area contributed by atoms with Gasteiger partial charge in [0.25, 0.3) is 5.56 Å². The second kappa shape index (κ2) is 6.64. The van der Waals surface area contributed by atoms with Crippen molar-refractivity contribution >= 4 is 47.4 Å². The molecule has 0 unspecified atom stereocenters. The van der Waals surface area contributed by atoms with Crippen LogP contribution in [-0.4, -0.2) is 20.9 Å². The minimum absolute atomic E-state index is 0.0884. The number of fused-ring (bicyclic) bond motifs is 1. The molecule has 0 amide bonds. The quantitative estimate of drug-likeness (QED) is 0.611. The van der Waals surface area contributed by atoms with Gasteiger partial charge in [-0.1, -0.05) is 35.9 Å². The fourth-order valence-corrected chi connectivity index (χ4v) is 3.49. The number of hydrogen-bond acceptors (Lipinski definition) is 4. The first-order valence-corrected chi connectivity index (χ1v) is 8.95. The summed E-state index contributed by atoms with van der Waals surface area (Å²) >= 11 is 11.5. The van der Waals surface area contributed by atoms with Crippen LogP contribution < -0.4 is 5.56 Å². The van der Waals surface area contributed by atoms with Crippen molar-refractivity contribution in [2.75, 3.05) is 0 Å². The predicted molar refractivity (Wildman–Crippen MR) is 111 cm³/mol. The molecule has 0 fully saturated rings. The highest BCUT2D eigenvalue weighted by molar-refractivity contribution is 7.71. The first-order valence-electron chi connectivity index (χ1n) is 8.16. The van der Waals surface area contributed by atoms with Crippen molar-refractivity contribution in [2.45, 2.75) is 6.92 Å². The second-order valence-corrected chi connectivity index (χ2v) is 6.88. The van der Waals surface area contributed by atoms with Crippen molar-refractivity contribution in [3.63, 3.8) is 0 Å². The Labute approximate surface area is 164 Å². The number of H-pyrrole nitrogens is 1. The Kier molecular flexibility index (Phi) is 4.30. The summed E-state index contributed by atoms with van der Waals surface area (Å²) in [5, 5.41) is 11.4. The van der Waals surface area contributed by atoms with Gasteiger partial charge in [-0.05, 0) is 49.0 Å². The SMILES string of the molecule is Cc1c(Cl)cccc1-n1c(O)c(/C=C2\C=Nc3ccccc32)c(=O)[nH]c1=S. The predicted octanol–water partition coefficient (Wildman–Crippen LogP) is 4.82. The van der Waals surface area contributed by atoms with E-state index in [1.54, 1.807) is 30.5 Å². The molecule has 1 aliphatic heterocycles. The van der Waals surface area contributed by atoms with E-state index >= 15 is 0 Å². The van der Waals surface area contributed by atoms with E-state index in [4.69, 9.17) is 23.8 Å². The third kappa shape index (κ3) is 2.93. The van der Waals surface area contributed by atoms with E-state index in [1.165, 1.54) is 4.57 Å². The number of nitrogens with zero attached hydrogens (tertiary/aromatic N) is 2. The lowest BCUT2D eigenvalue weighted by Crippen LogP contribution is -2.16. The summed E-state index contributed by atoms with van der Waals surface area (Å²) in [7, 11) is 0. The number of para-hydroxylation sites is 1. The van der Waals surface area contributed by atoms with Crippen LogP contribution in [0, 0.1) is 11.7 Å². The number of aliphatic imine (C=N–C) groups is 1. The Balaban J connectivity index is 1.96. The molecule has 0 saturated carbocycles. The number of aromatic hydroxyl groups is 1. The van der Waals surface area contributed by atoms with Crippen LogP contribution in [0.1, 0.15) is 16.7 Å². The highest BCUT2D eigenvalue weighted by atomic mass is 35.5. The molecule has 0 saturated heterocycles. The van der Waals surface area contributed by atoms with Crippen LogP contribution in [-0.2, 0) is 0 Å². The molecule has 1 aliphatic rings. The number of nitrogens with one attached hydrogen (secondary N) is 1. The number of halogens is 1. The zero-order valence-corrected chi connectivity index (χ0v) is 15.8. The van der Waals surface area contributed by atoms with Crippen molar-refractivity contribution < 1.29 is 5.11 Å². The number of rotatable bonds is 2. The van der Waals surface area contributed by atoms with Crippen molar-refractivity contribution in [2.24, 2.45) is 4.99 Å². The second-order valence-electron chi connectivity index (χ2n) is 6.09. The van der Waals surface area contributed by atoms with Gasteiger partial charge in [-0.25, -0.2) is 0 Å². The molecule has 7 heteroatoms. The molecule has 2 heterocycles. The number of aromatic amines is 1. The summed E-state index contributed by atoms with van der Waals surface area (Å²) in [5.74, 6) is -0.251. The number of benzene rings is 2. The van der Waals surface area contributed by atoms with Crippen molar-refractivity contribution in [1.82, 2.24) is 9.55 Å². The van der Waals surface area contributed by atoms with Crippen LogP contribution in [0.5, 0.6) is 5.88 Å². The molecule has 0 atom stereocenters. The standard InChI is InChI=1S/C20H14ClN3O2S/c1-11-15(21)6-4-8-17(11)24-19(26)14(18(25)23-20(24)27)9-12-10-22-16-7-3-2-5-13(12)16/h2-10,26H,1H3,(H,23,25,27)/b12-9+. The zero-order valence-electron chi connectivity index (χ0n) is 14.2. The van der Waals surface area contributed by atoms with E-state index in [1.807, 2.05) is 31.2 Å². The minimum Gasteiger partial charge on any atom is -0.494 e. The largest absolute Gasteiger partial charge is 0.494 e. The molecule has 1 aromatic heterocycles. The van der Waals surface area contributed by atoms with Gasteiger partial charge >= 0.3 is 0 Å². The molecule has 3 aromatic rings. The Morgan fingerprint density at radius 3 is 2.81 bits per heavy atom. The van der Waals surface area contributed by atoms with Crippen molar-refractivity contribution in [3.8, 4) is 11.6 Å². The molecule has 4 rings (SSSR count). The molecule has 2 aromatic carbocycles. The van der Waals surface area contributed by atoms with Crippen LogP contribution in [0.2, 0.25) is 5.02 Å². The number of allylic oxidation sites excluding steroid dienone is 1. The molecule has 0 aliphatic carbocycles. The van der Waals surface area contributed by atoms with Gasteiger partial charge in [0.1, 0.15) is 5.56 Å². The Morgan fingerprint density at radius 1 is 1.22 bits per heavy atom. The third-order valence-electron chi connectivity index (χ3n) is 4.46. The van der Waals surface area contributed by atoms with Gasteiger partial charge in [-0.2, -0.15) is 0 Å². The summed E-state index contributed by atoms with van der Waals surface area (Å²) in [4.78, 5) is 19.4. The molecule has 0 bridgehead atoms. The van der Waals surface area contributed by atoms with Crippen molar-refractivity contribution in [1.29, 1.82) is 0 Å². The van der Waals surface area contributed by atoms with E-state index in [0.29, 0.717) is 10.7 Å². The molecule has 0 radical (unpaired) electrons. The van der Waals surface area contributed by atoms with Gasteiger partial charge in [-0.15, -0.1) is 0 Å². The smallest absolute Gasteiger partial charge is 0.262 e. The zero-order chi connectivity index (χ0) is 19.1. The fraction of sp³-hybridized carbons (Fsp3) is 0.0500. The van der Waals surface area contributed by atoms with Gasteiger partial charge in [0.05, 0.1) is 11.4 Å². The molecule has 2 N–H and O–H groups in total. The van der Waals surface area contributed by atoms with Crippen LogP contribution in [0.3, 0.4) is 0 Å². The lowest BCUT2D eigenvalue weighted by atomic mass is 10.1. The van der Waals surface area contributed by atoms with Gasteiger partial charge in [0.15, 0.2) is 4.77 Å². The first kappa shape index (κ1) is 17.5. The van der Waals surface area contributed by atoms with Crippen LogP contribution in [0.4, 0.5) is 5.69 Å². The summed E-state index contributed by atoms with van der Waals surface area (Å²) in [6, 6.07) is 12.9. The molecule has 27 heavy (non-hydrogen) atoms. The lowest BCUT2D eigenvalue weighted by Gasteiger charge is -2.14. The number of hydrogen-bond donors (Lipinski definition) is 2. The van der Waals surface area contributed by atoms with Gasteiger partial charge in [0.2, 0.25) is 5.88 Å². The molecule has 0 spiro atoms. The summed E-state index contributed by atoms with van der Waals surface area (Å²) in [5.41, 5.74) is 3.41. The maximum absolute atomic E-state index is 12.5. The molecular formula is C20H14ClN3O2S. The van der Waals surface area contributed by atoms with Crippen LogP contribution in [0.25, 0.3) is 17.3 Å². The van der Waals surface area contributed by atoms with Gasteiger partial charge in [0, 0.05) is 22.4 Å². The highest BCUT2D eigenvalue weighted by Crippen LogP contribution is 2.33. The van der Waals surface area contributed by atoms with E-state index in [0.717, 1.165) is 22.4 Å². The van der Waals surface area contributed by atoms with E-state index in [2.05, 4.69) is 9.98 Å². The average molecular weight is 396 g/mol. The van der Waals surface area contributed by atoms with Gasteiger partial charge < -0.3 is 5.11 Å². The lowest BCUT2D eigenvalue weighted by molar-refractivity contribution is 0.431. The van der Waals surface area contributed by atoms with E-state index < -0.39 is 5.56 Å². The molecular weight excluding hydrogens is 382 g/mol. The van der Waals surface area contributed by atoms with E-state index in [-0.39, 0.29) is 16.2 Å². The minimum atomic E-state index is -0.473. The summed E-state index contributed by atoms with van der Waals surface area (Å²) < 4.78 is 1.49. The molecule has 5 nitrogen and oxygen atoms in total. The Morgan fingerprint density at radius 2 is 2.00 bits per heavy atom. The normalized spacial score (nSPS) is 13.9.